The zero-order chi connectivity index (χ0) is 11.3. The summed E-state index contributed by atoms with van der Waals surface area (Å²) in [6.45, 7) is 7.92. The first kappa shape index (κ1) is 13.0. The molecule has 0 spiro atoms. The minimum Gasteiger partial charge on any atom is -0.374 e. The summed E-state index contributed by atoms with van der Waals surface area (Å²) in [5.74, 6) is 0. The lowest BCUT2D eigenvalue weighted by Gasteiger charge is -2.35. The van der Waals surface area contributed by atoms with Gasteiger partial charge in [-0.15, -0.1) is 0 Å². The highest BCUT2D eigenvalue weighted by molar-refractivity contribution is 4.79. The zero-order valence-corrected chi connectivity index (χ0v) is 10.8. The number of nitrogens with one attached hydrogen (secondary N) is 1. The Bertz CT molecular complexity index is 169. The summed E-state index contributed by atoms with van der Waals surface area (Å²) in [6, 6.07) is 0. The quantitative estimate of drug-likeness (QED) is 0.758. The molecule has 1 atom stereocenters. The molecule has 0 aromatic heterocycles. The first-order valence-electron chi connectivity index (χ1n) is 6.37. The molecule has 0 amide bonds. The Morgan fingerprint density at radius 3 is 2.40 bits per heavy atom. The van der Waals surface area contributed by atoms with E-state index in [9.17, 15) is 0 Å². The van der Waals surface area contributed by atoms with E-state index in [1.807, 2.05) is 7.05 Å². The maximum atomic E-state index is 6.11. The van der Waals surface area contributed by atoms with Crippen molar-refractivity contribution in [1.82, 2.24) is 5.32 Å². The number of rotatable bonds is 5. The van der Waals surface area contributed by atoms with Gasteiger partial charge in [0.25, 0.3) is 0 Å². The highest BCUT2D eigenvalue weighted by atomic mass is 16.5. The van der Waals surface area contributed by atoms with Gasteiger partial charge in [-0.25, -0.2) is 0 Å². The predicted octanol–water partition coefficient (Wildman–Crippen LogP) is 2.97. The van der Waals surface area contributed by atoms with Crippen molar-refractivity contribution in [2.75, 3.05) is 13.6 Å². The molecule has 1 rings (SSSR count). The Kier molecular flexibility index (Phi) is 5.07. The van der Waals surface area contributed by atoms with Gasteiger partial charge in [0.1, 0.15) is 0 Å². The molecule has 1 N–H and O–H groups in total. The SMILES string of the molecule is CCC(CNC)OC1CCC(C)(C)CC1. The van der Waals surface area contributed by atoms with Gasteiger partial charge in [-0.2, -0.15) is 0 Å². The van der Waals surface area contributed by atoms with E-state index in [4.69, 9.17) is 4.74 Å². The van der Waals surface area contributed by atoms with E-state index in [0.29, 0.717) is 17.6 Å². The molecule has 15 heavy (non-hydrogen) atoms. The molecule has 0 aliphatic heterocycles. The van der Waals surface area contributed by atoms with Crippen molar-refractivity contribution in [3.8, 4) is 0 Å². The summed E-state index contributed by atoms with van der Waals surface area (Å²) in [5, 5.41) is 3.20. The van der Waals surface area contributed by atoms with Crippen LogP contribution in [-0.4, -0.2) is 25.8 Å². The van der Waals surface area contributed by atoms with E-state index >= 15 is 0 Å². The standard InChI is InChI=1S/C13H27NO/c1-5-11(10-14-4)15-12-6-8-13(2,3)9-7-12/h11-12,14H,5-10H2,1-4H3. The average Bonchev–Trinajstić information content (AvgIpc) is 2.20. The Morgan fingerprint density at radius 1 is 1.33 bits per heavy atom. The van der Waals surface area contributed by atoms with Crippen molar-refractivity contribution < 1.29 is 4.74 Å². The van der Waals surface area contributed by atoms with Crippen molar-refractivity contribution in [2.24, 2.45) is 5.41 Å². The van der Waals surface area contributed by atoms with Gasteiger partial charge in [-0.05, 0) is 44.6 Å². The molecule has 1 aliphatic carbocycles. The molecular formula is C13H27NO. The lowest BCUT2D eigenvalue weighted by atomic mass is 9.76. The van der Waals surface area contributed by atoms with Crippen LogP contribution in [0.15, 0.2) is 0 Å². The minimum atomic E-state index is 0.404. The molecule has 0 bridgehead atoms. The van der Waals surface area contributed by atoms with Gasteiger partial charge in [0.2, 0.25) is 0 Å². The minimum absolute atomic E-state index is 0.404. The second-order valence-electron chi connectivity index (χ2n) is 5.59. The number of likely N-dealkylation sites (N-methyl/N-ethyl adjacent to an activating group) is 1. The van der Waals surface area contributed by atoms with Crippen LogP contribution in [0, 0.1) is 5.41 Å². The highest BCUT2D eigenvalue weighted by Crippen LogP contribution is 2.36. The third-order valence-electron chi connectivity index (χ3n) is 3.56. The molecule has 1 aliphatic rings. The maximum absolute atomic E-state index is 6.11. The maximum Gasteiger partial charge on any atom is 0.0700 e. The van der Waals surface area contributed by atoms with Crippen molar-refractivity contribution in [3.05, 3.63) is 0 Å². The Morgan fingerprint density at radius 2 is 1.93 bits per heavy atom. The van der Waals surface area contributed by atoms with Crippen LogP contribution in [-0.2, 0) is 4.74 Å². The summed E-state index contributed by atoms with van der Waals surface area (Å²) >= 11 is 0. The van der Waals surface area contributed by atoms with Crippen LogP contribution < -0.4 is 5.32 Å². The van der Waals surface area contributed by atoms with Crippen LogP contribution in [0.2, 0.25) is 0 Å². The van der Waals surface area contributed by atoms with Gasteiger partial charge < -0.3 is 10.1 Å². The van der Waals surface area contributed by atoms with Gasteiger partial charge in [0, 0.05) is 6.54 Å². The highest BCUT2D eigenvalue weighted by Gasteiger charge is 2.28. The molecule has 1 fully saturated rings. The number of hydrogen-bond donors (Lipinski definition) is 1. The van der Waals surface area contributed by atoms with Gasteiger partial charge in [-0.3, -0.25) is 0 Å². The molecule has 0 heterocycles. The smallest absolute Gasteiger partial charge is 0.0700 e. The lowest BCUT2D eigenvalue weighted by molar-refractivity contribution is -0.0448. The largest absolute Gasteiger partial charge is 0.374 e. The summed E-state index contributed by atoms with van der Waals surface area (Å²) in [7, 11) is 2.00. The van der Waals surface area contributed by atoms with Crippen molar-refractivity contribution >= 4 is 0 Å². The fraction of sp³-hybridized carbons (Fsp3) is 1.00. The van der Waals surface area contributed by atoms with Crippen LogP contribution in [0.4, 0.5) is 0 Å². The molecule has 0 radical (unpaired) electrons. The van der Waals surface area contributed by atoms with Crippen LogP contribution in [0.1, 0.15) is 52.9 Å². The predicted molar refractivity (Wildman–Crippen MR) is 65.1 cm³/mol. The van der Waals surface area contributed by atoms with Crippen LogP contribution in [0.3, 0.4) is 0 Å². The third kappa shape index (κ3) is 4.52. The molecule has 1 unspecified atom stereocenters. The topological polar surface area (TPSA) is 21.3 Å². The van der Waals surface area contributed by atoms with E-state index in [1.165, 1.54) is 25.7 Å². The fourth-order valence-electron chi connectivity index (χ4n) is 2.30. The van der Waals surface area contributed by atoms with Gasteiger partial charge >= 0.3 is 0 Å². The van der Waals surface area contributed by atoms with E-state index < -0.39 is 0 Å². The van der Waals surface area contributed by atoms with Crippen molar-refractivity contribution in [1.29, 1.82) is 0 Å². The second kappa shape index (κ2) is 5.86. The summed E-state index contributed by atoms with van der Waals surface area (Å²) in [6.07, 6.45) is 7.14. The monoisotopic (exact) mass is 213 g/mol. The number of ether oxygens (including phenoxy) is 1. The molecule has 2 nitrogen and oxygen atoms in total. The first-order valence-corrected chi connectivity index (χ1v) is 6.37. The summed E-state index contributed by atoms with van der Waals surface area (Å²) in [5.41, 5.74) is 0.546. The van der Waals surface area contributed by atoms with E-state index in [1.54, 1.807) is 0 Å². The summed E-state index contributed by atoms with van der Waals surface area (Å²) < 4.78 is 6.11. The zero-order valence-electron chi connectivity index (χ0n) is 10.8. The van der Waals surface area contributed by atoms with Crippen LogP contribution >= 0.6 is 0 Å². The molecule has 90 valence electrons. The Labute approximate surface area is 94.8 Å². The molecular weight excluding hydrogens is 186 g/mol. The van der Waals surface area contributed by atoms with Crippen LogP contribution in [0.25, 0.3) is 0 Å². The molecule has 0 aromatic carbocycles. The van der Waals surface area contributed by atoms with Crippen molar-refractivity contribution in [2.45, 2.75) is 65.1 Å². The average molecular weight is 213 g/mol. The Balaban J connectivity index is 2.28. The first-order chi connectivity index (χ1) is 7.07. The van der Waals surface area contributed by atoms with Gasteiger partial charge in [-0.1, -0.05) is 20.8 Å². The van der Waals surface area contributed by atoms with Gasteiger partial charge in [0.15, 0.2) is 0 Å². The van der Waals surface area contributed by atoms with E-state index in [2.05, 4.69) is 26.1 Å². The normalized spacial score (nSPS) is 24.0. The van der Waals surface area contributed by atoms with Crippen LogP contribution in [0.5, 0.6) is 0 Å². The number of hydrogen-bond acceptors (Lipinski definition) is 2. The molecule has 0 aromatic rings. The van der Waals surface area contributed by atoms with Crippen molar-refractivity contribution in [3.63, 3.8) is 0 Å². The van der Waals surface area contributed by atoms with E-state index in [-0.39, 0.29) is 0 Å². The second-order valence-corrected chi connectivity index (χ2v) is 5.59. The third-order valence-corrected chi connectivity index (χ3v) is 3.56. The summed E-state index contributed by atoms with van der Waals surface area (Å²) in [4.78, 5) is 0. The van der Waals surface area contributed by atoms with E-state index in [0.717, 1.165) is 13.0 Å². The lowest BCUT2D eigenvalue weighted by Crippen LogP contribution is -2.34. The van der Waals surface area contributed by atoms with Gasteiger partial charge in [0.05, 0.1) is 12.2 Å². The molecule has 1 saturated carbocycles. The Hall–Kier alpha value is -0.0800. The molecule has 0 saturated heterocycles. The molecule has 2 heteroatoms. The fourth-order valence-corrected chi connectivity index (χ4v) is 2.30.